The van der Waals surface area contributed by atoms with Crippen molar-refractivity contribution in [3.8, 4) is 0 Å². The van der Waals surface area contributed by atoms with E-state index in [1.807, 2.05) is 42.5 Å². The van der Waals surface area contributed by atoms with Crippen LogP contribution >= 0.6 is 0 Å². The first-order valence-electron chi connectivity index (χ1n) is 11.1. The lowest BCUT2D eigenvalue weighted by Crippen LogP contribution is -2.51. The number of anilines is 1. The van der Waals surface area contributed by atoms with Gasteiger partial charge in [0.2, 0.25) is 11.8 Å². The molecule has 0 bridgehead atoms. The molecular weight excluding hydrogens is 392 g/mol. The van der Waals surface area contributed by atoms with Gasteiger partial charge in [0.1, 0.15) is 12.7 Å². The van der Waals surface area contributed by atoms with Gasteiger partial charge in [-0.2, -0.15) is 0 Å². The van der Waals surface area contributed by atoms with E-state index < -0.39 is 12.1 Å². The molecule has 2 fully saturated rings. The van der Waals surface area contributed by atoms with Crippen molar-refractivity contribution in [1.29, 1.82) is 0 Å². The van der Waals surface area contributed by atoms with Gasteiger partial charge in [-0.25, -0.2) is 0 Å². The summed E-state index contributed by atoms with van der Waals surface area (Å²) in [5, 5.41) is 14.0. The smallest absolute Gasteiger partial charge is 0.249 e. The second kappa shape index (κ2) is 10.1. The molecule has 0 radical (unpaired) electrons. The Bertz CT molecular complexity index is 878. The molecule has 6 nitrogen and oxygen atoms in total. The van der Waals surface area contributed by atoms with Gasteiger partial charge in [-0.1, -0.05) is 61.7 Å². The molecule has 2 unspecified atom stereocenters. The van der Waals surface area contributed by atoms with E-state index in [9.17, 15) is 14.7 Å². The summed E-state index contributed by atoms with van der Waals surface area (Å²) in [5.41, 5.74) is 2.43. The van der Waals surface area contributed by atoms with E-state index in [0.29, 0.717) is 12.1 Å². The first-order valence-corrected chi connectivity index (χ1v) is 11.1. The maximum atomic E-state index is 12.5. The fraction of sp³-hybridized carbons (Fsp3) is 0.440. The van der Waals surface area contributed by atoms with Gasteiger partial charge in [-0.3, -0.25) is 9.59 Å². The molecule has 2 N–H and O–H groups in total. The Balaban J connectivity index is 1.42. The van der Waals surface area contributed by atoms with Crippen LogP contribution in [0.3, 0.4) is 0 Å². The number of hydrogen-bond acceptors (Lipinski definition) is 4. The normalized spacial score (nSPS) is 21.0. The van der Waals surface area contributed by atoms with Crippen LogP contribution in [0.4, 0.5) is 5.69 Å². The van der Waals surface area contributed by atoms with Crippen molar-refractivity contribution in [3.05, 3.63) is 65.7 Å². The second-order valence-electron chi connectivity index (χ2n) is 8.48. The molecule has 31 heavy (non-hydrogen) atoms. The Morgan fingerprint density at radius 2 is 1.77 bits per heavy atom. The Morgan fingerprint density at radius 3 is 2.48 bits per heavy atom. The molecule has 1 aliphatic carbocycles. The van der Waals surface area contributed by atoms with Gasteiger partial charge in [0.05, 0.1) is 12.6 Å². The number of amides is 2. The van der Waals surface area contributed by atoms with Crippen LogP contribution in [0.2, 0.25) is 0 Å². The summed E-state index contributed by atoms with van der Waals surface area (Å²) in [7, 11) is 0. The molecule has 1 heterocycles. The number of carbonyl (C=O) groups excluding carboxylic acids is 2. The van der Waals surface area contributed by atoms with Gasteiger partial charge < -0.3 is 20.1 Å². The number of aliphatic hydroxyl groups excluding tert-OH is 1. The summed E-state index contributed by atoms with van der Waals surface area (Å²) in [4.78, 5) is 26.7. The molecule has 1 saturated heterocycles. The zero-order valence-electron chi connectivity index (χ0n) is 17.7. The lowest BCUT2D eigenvalue weighted by atomic mass is 9.88. The van der Waals surface area contributed by atoms with Crippen LogP contribution in [-0.2, 0) is 20.9 Å². The largest absolute Gasteiger partial charge is 0.386 e. The fourth-order valence-corrected chi connectivity index (χ4v) is 4.47. The number of nitrogens with one attached hydrogen (secondary N) is 1. The van der Waals surface area contributed by atoms with Gasteiger partial charge >= 0.3 is 0 Å². The van der Waals surface area contributed by atoms with E-state index in [1.165, 1.54) is 6.42 Å². The van der Waals surface area contributed by atoms with Gasteiger partial charge in [0, 0.05) is 18.2 Å². The van der Waals surface area contributed by atoms with E-state index in [4.69, 9.17) is 4.74 Å². The van der Waals surface area contributed by atoms with Crippen LogP contribution in [0, 0.1) is 5.92 Å². The van der Waals surface area contributed by atoms with Crippen LogP contribution < -0.4 is 5.32 Å². The van der Waals surface area contributed by atoms with Crippen LogP contribution in [0.1, 0.15) is 49.3 Å². The summed E-state index contributed by atoms with van der Waals surface area (Å²) in [6, 6.07) is 16.5. The van der Waals surface area contributed by atoms with Crippen molar-refractivity contribution < 1.29 is 19.4 Å². The molecule has 1 aliphatic heterocycles. The molecule has 2 aromatic carbocycles. The number of benzene rings is 2. The number of aliphatic hydroxyl groups is 1. The maximum absolute atomic E-state index is 12.5. The minimum Gasteiger partial charge on any atom is -0.386 e. The van der Waals surface area contributed by atoms with Crippen molar-refractivity contribution in [2.45, 2.75) is 50.8 Å². The molecule has 0 spiro atoms. The molecule has 2 amide bonds. The lowest BCUT2D eigenvalue weighted by molar-refractivity contribution is -0.155. The summed E-state index contributed by atoms with van der Waals surface area (Å²) in [6.07, 6.45) is 4.47. The molecule has 164 valence electrons. The predicted molar refractivity (Wildman–Crippen MR) is 118 cm³/mol. The molecule has 1 saturated carbocycles. The quantitative estimate of drug-likeness (QED) is 0.745. The van der Waals surface area contributed by atoms with E-state index in [1.54, 1.807) is 17.0 Å². The highest BCUT2D eigenvalue weighted by Gasteiger charge is 2.34. The van der Waals surface area contributed by atoms with Gasteiger partial charge in [-0.15, -0.1) is 0 Å². The fourth-order valence-electron chi connectivity index (χ4n) is 4.47. The van der Waals surface area contributed by atoms with Gasteiger partial charge in [0.25, 0.3) is 0 Å². The van der Waals surface area contributed by atoms with Crippen LogP contribution in [0.15, 0.2) is 54.6 Å². The number of ether oxygens (including phenoxy) is 1. The summed E-state index contributed by atoms with van der Waals surface area (Å²) >= 11 is 0. The molecular formula is C25H30N2O4. The second-order valence-corrected chi connectivity index (χ2v) is 8.48. The minimum absolute atomic E-state index is 0.0300. The predicted octanol–water partition coefficient (Wildman–Crippen LogP) is 3.67. The van der Waals surface area contributed by atoms with Crippen molar-refractivity contribution in [2.24, 2.45) is 5.92 Å². The third kappa shape index (κ3) is 5.32. The Labute approximate surface area is 183 Å². The third-order valence-electron chi connectivity index (χ3n) is 6.29. The number of rotatable bonds is 6. The minimum atomic E-state index is -0.879. The third-order valence-corrected chi connectivity index (χ3v) is 6.29. The van der Waals surface area contributed by atoms with Crippen LogP contribution in [0.25, 0.3) is 0 Å². The highest BCUT2D eigenvalue weighted by atomic mass is 16.5. The summed E-state index contributed by atoms with van der Waals surface area (Å²) < 4.78 is 5.44. The number of carbonyl (C=O) groups is 2. The standard InChI is InChI=1S/C25H30N2O4/c28-23-17-31-16-22(27(23)15-18-7-3-1-4-8-18)24(29)19-11-13-21(14-12-19)26-25(30)20-9-5-2-6-10-20/h1,3-4,7-8,11-14,20,22,24,29H,2,5-6,9-10,15-17H2,(H,26,30). The van der Waals surface area contributed by atoms with Crippen LogP contribution in [0.5, 0.6) is 0 Å². The van der Waals surface area contributed by atoms with E-state index >= 15 is 0 Å². The van der Waals surface area contributed by atoms with E-state index in [-0.39, 0.29) is 30.9 Å². The zero-order valence-corrected chi connectivity index (χ0v) is 17.7. The maximum Gasteiger partial charge on any atom is 0.249 e. The van der Waals surface area contributed by atoms with E-state index in [2.05, 4.69) is 5.32 Å². The van der Waals surface area contributed by atoms with Crippen molar-refractivity contribution in [2.75, 3.05) is 18.5 Å². The van der Waals surface area contributed by atoms with Crippen molar-refractivity contribution in [3.63, 3.8) is 0 Å². The Kier molecular flexibility index (Phi) is 6.99. The van der Waals surface area contributed by atoms with E-state index in [0.717, 1.165) is 36.9 Å². The molecule has 2 aromatic rings. The van der Waals surface area contributed by atoms with Crippen LogP contribution in [-0.4, -0.2) is 41.1 Å². The average molecular weight is 423 g/mol. The topological polar surface area (TPSA) is 78.9 Å². The van der Waals surface area contributed by atoms with Gasteiger partial charge in [-0.05, 0) is 36.1 Å². The molecule has 6 heteroatoms. The molecule has 0 aromatic heterocycles. The highest BCUT2D eigenvalue weighted by Crippen LogP contribution is 2.28. The molecule has 2 aliphatic rings. The SMILES string of the molecule is O=C(Nc1ccc(C(O)C2COCC(=O)N2Cc2ccccc2)cc1)C1CCCCC1. The summed E-state index contributed by atoms with van der Waals surface area (Å²) in [5.74, 6) is 0.0415. The average Bonchev–Trinajstić information content (AvgIpc) is 2.82. The number of morpholine rings is 1. The first kappa shape index (κ1) is 21.5. The highest BCUT2D eigenvalue weighted by molar-refractivity contribution is 5.92. The lowest BCUT2D eigenvalue weighted by Gasteiger charge is -2.38. The zero-order chi connectivity index (χ0) is 21.6. The van der Waals surface area contributed by atoms with Crippen molar-refractivity contribution >= 4 is 17.5 Å². The summed E-state index contributed by atoms with van der Waals surface area (Å²) in [6.45, 7) is 0.738. The monoisotopic (exact) mass is 422 g/mol. The van der Waals surface area contributed by atoms with Crippen molar-refractivity contribution in [1.82, 2.24) is 4.90 Å². The van der Waals surface area contributed by atoms with Gasteiger partial charge in [0.15, 0.2) is 0 Å². The molecule has 4 rings (SSSR count). The number of hydrogen-bond donors (Lipinski definition) is 2. The Hall–Kier alpha value is -2.70. The number of nitrogens with zero attached hydrogens (tertiary/aromatic N) is 1. The Morgan fingerprint density at radius 1 is 1.06 bits per heavy atom. The molecule has 2 atom stereocenters. The first-order chi connectivity index (χ1) is 15.1.